The van der Waals surface area contributed by atoms with Crippen LogP contribution in [0, 0.1) is 0 Å². The molecule has 0 saturated carbocycles. The molecule has 0 atom stereocenters. The summed E-state index contributed by atoms with van der Waals surface area (Å²) in [5.41, 5.74) is 1.21. The van der Waals surface area contributed by atoms with E-state index >= 15 is 0 Å². The van der Waals surface area contributed by atoms with Gasteiger partial charge in [-0.05, 0) is 6.42 Å². The Morgan fingerprint density at radius 1 is 1.47 bits per heavy atom. The highest BCUT2D eigenvalue weighted by Crippen LogP contribution is 2.00. The van der Waals surface area contributed by atoms with E-state index in [1.807, 2.05) is 12.5 Å². The topological polar surface area (TPSA) is 68.8 Å². The molecule has 0 radical (unpaired) electrons. The number of hydrogen-bond acceptors (Lipinski definition) is 5. The summed E-state index contributed by atoms with van der Waals surface area (Å²) in [5.74, 6) is 0.666. The molecular formula is C11H17N5O. The fourth-order valence-corrected chi connectivity index (χ4v) is 1.66. The van der Waals surface area contributed by atoms with Crippen LogP contribution in [-0.4, -0.2) is 26.2 Å². The van der Waals surface area contributed by atoms with Crippen LogP contribution in [0.4, 0.5) is 0 Å². The normalized spacial score (nSPS) is 10.9. The lowest BCUT2D eigenvalue weighted by Gasteiger charge is -2.07. The Balaban J connectivity index is 1.72. The third-order valence-electron chi connectivity index (χ3n) is 2.49. The molecule has 0 aliphatic carbocycles. The van der Waals surface area contributed by atoms with Gasteiger partial charge in [0.2, 0.25) is 5.89 Å². The maximum atomic E-state index is 4.91. The average molecular weight is 235 g/mol. The maximum absolute atomic E-state index is 4.91. The van der Waals surface area contributed by atoms with Crippen molar-refractivity contribution in [1.82, 2.24) is 25.0 Å². The maximum Gasteiger partial charge on any atom is 0.227 e. The van der Waals surface area contributed by atoms with Crippen molar-refractivity contribution in [2.24, 2.45) is 0 Å². The third-order valence-corrected chi connectivity index (χ3v) is 2.49. The highest BCUT2D eigenvalue weighted by Gasteiger charge is 2.02. The van der Waals surface area contributed by atoms with Crippen molar-refractivity contribution in [3.05, 3.63) is 30.4 Å². The lowest BCUT2D eigenvalue weighted by atomic mass is 10.4. The minimum Gasteiger partial charge on any atom is -0.340 e. The molecule has 0 aromatic carbocycles. The molecule has 0 fully saturated rings. The number of imidazole rings is 1. The molecule has 0 amide bonds. The van der Waals surface area contributed by atoms with E-state index in [1.165, 1.54) is 12.0 Å². The van der Waals surface area contributed by atoms with Gasteiger partial charge in [-0.15, -0.1) is 0 Å². The summed E-state index contributed by atoms with van der Waals surface area (Å²) in [4.78, 5) is 8.11. The SMILES string of the molecule is CCCn1cncc1CNCCc1ncno1. The van der Waals surface area contributed by atoms with Gasteiger partial charge in [-0.1, -0.05) is 12.1 Å². The van der Waals surface area contributed by atoms with E-state index in [0.29, 0.717) is 5.89 Å². The van der Waals surface area contributed by atoms with Gasteiger partial charge in [-0.2, -0.15) is 4.98 Å². The Bertz CT molecular complexity index is 423. The lowest BCUT2D eigenvalue weighted by Crippen LogP contribution is -2.19. The second-order valence-electron chi connectivity index (χ2n) is 3.84. The standard InChI is InChI=1S/C11H17N5O/c1-2-5-16-9-13-7-10(16)6-12-4-3-11-14-8-15-17-11/h7-9,12H,2-6H2,1H3. The first-order valence-electron chi connectivity index (χ1n) is 5.85. The van der Waals surface area contributed by atoms with Gasteiger partial charge in [0.15, 0.2) is 6.33 Å². The van der Waals surface area contributed by atoms with E-state index in [1.54, 1.807) is 0 Å². The molecule has 0 aliphatic heterocycles. The van der Waals surface area contributed by atoms with Crippen LogP contribution in [0.15, 0.2) is 23.4 Å². The largest absolute Gasteiger partial charge is 0.340 e. The minimum atomic E-state index is 0.666. The van der Waals surface area contributed by atoms with Gasteiger partial charge < -0.3 is 14.4 Å². The molecule has 0 aliphatic rings. The van der Waals surface area contributed by atoms with Crippen molar-refractivity contribution in [2.45, 2.75) is 32.9 Å². The molecule has 6 nitrogen and oxygen atoms in total. The molecule has 1 N–H and O–H groups in total. The van der Waals surface area contributed by atoms with E-state index in [4.69, 9.17) is 4.52 Å². The molecule has 92 valence electrons. The Hall–Kier alpha value is -1.69. The molecule has 0 saturated heterocycles. The lowest BCUT2D eigenvalue weighted by molar-refractivity contribution is 0.374. The van der Waals surface area contributed by atoms with E-state index in [2.05, 4.69) is 31.9 Å². The van der Waals surface area contributed by atoms with Crippen molar-refractivity contribution < 1.29 is 4.52 Å². The van der Waals surface area contributed by atoms with Gasteiger partial charge in [0.25, 0.3) is 0 Å². The molecule has 2 rings (SSSR count). The first kappa shape index (κ1) is 11.8. The van der Waals surface area contributed by atoms with E-state index in [-0.39, 0.29) is 0 Å². The summed E-state index contributed by atoms with van der Waals surface area (Å²) < 4.78 is 7.08. The van der Waals surface area contributed by atoms with Gasteiger partial charge in [-0.25, -0.2) is 4.98 Å². The van der Waals surface area contributed by atoms with E-state index in [0.717, 1.165) is 32.5 Å². The number of hydrogen-bond donors (Lipinski definition) is 1. The van der Waals surface area contributed by atoms with Gasteiger partial charge in [0.1, 0.15) is 0 Å². The third kappa shape index (κ3) is 3.39. The van der Waals surface area contributed by atoms with Crippen LogP contribution < -0.4 is 5.32 Å². The van der Waals surface area contributed by atoms with Crippen LogP contribution in [0.25, 0.3) is 0 Å². The summed E-state index contributed by atoms with van der Waals surface area (Å²) in [6.45, 7) is 4.81. The summed E-state index contributed by atoms with van der Waals surface area (Å²) in [6, 6.07) is 0. The number of aryl methyl sites for hydroxylation is 1. The zero-order valence-corrected chi connectivity index (χ0v) is 9.96. The molecule has 0 bridgehead atoms. The predicted octanol–water partition coefficient (Wildman–Crippen LogP) is 1.01. The smallest absolute Gasteiger partial charge is 0.227 e. The Morgan fingerprint density at radius 3 is 3.18 bits per heavy atom. The summed E-state index contributed by atoms with van der Waals surface area (Å²) in [5, 5.41) is 6.90. The van der Waals surface area contributed by atoms with Crippen LogP contribution in [0.3, 0.4) is 0 Å². The zero-order valence-electron chi connectivity index (χ0n) is 9.96. The minimum absolute atomic E-state index is 0.666. The molecule has 6 heteroatoms. The van der Waals surface area contributed by atoms with Crippen LogP contribution in [0.1, 0.15) is 24.9 Å². The summed E-state index contributed by atoms with van der Waals surface area (Å²) in [6.07, 6.45) is 7.06. The second kappa shape index (κ2) is 6.15. The summed E-state index contributed by atoms with van der Waals surface area (Å²) >= 11 is 0. The predicted molar refractivity (Wildman–Crippen MR) is 62.2 cm³/mol. The highest BCUT2D eigenvalue weighted by molar-refractivity contribution is 4.97. The Kier molecular flexibility index (Phi) is 4.26. The molecule has 17 heavy (non-hydrogen) atoms. The van der Waals surface area contributed by atoms with Crippen molar-refractivity contribution in [3.63, 3.8) is 0 Å². The summed E-state index contributed by atoms with van der Waals surface area (Å²) in [7, 11) is 0. The molecule has 0 spiro atoms. The van der Waals surface area contributed by atoms with Gasteiger partial charge in [0.05, 0.1) is 12.0 Å². The number of aromatic nitrogens is 4. The van der Waals surface area contributed by atoms with E-state index < -0.39 is 0 Å². The van der Waals surface area contributed by atoms with Gasteiger partial charge in [0, 0.05) is 32.3 Å². The highest BCUT2D eigenvalue weighted by atomic mass is 16.5. The monoisotopic (exact) mass is 235 g/mol. The Morgan fingerprint density at radius 2 is 2.41 bits per heavy atom. The second-order valence-corrected chi connectivity index (χ2v) is 3.84. The Labute approximate surface area is 100 Å². The fraction of sp³-hybridized carbons (Fsp3) is 0.545. The average Bonchev–Trinajstić information content (AvgIpc) is 2.96. The van der Waals surface area contributed by atoms with Crippen molar-refractivity contribution in [1.29, 1.82) is 0 Å². The molecule has 2 aromatic heterocycles. The van der Waals surface area contributed by atoms with Gasteiger partial charge in [-0.3, -0.25) is 0 Å². The van der Waals surface area contributed by atoms with Crippen molar-refractivity contribution in [3.8, 4) is 0 Å². The van der Waals surface area contributed by atoms with Crippen LogP contribution in [-0.2, 0) is 19.5 Å². The van der Waals surface area contributed by atoms with Crippen LogP contribution in [0.2, 0.25) is 0 Å². The van der Waals surface area contributed by atoms with Crippen LogP contribution in [0.5, 0.6) is 0 Å². The number of nitrogens with one attached hydrogen (secondary N) is 1. The number of rotatable bonds is 7. The van der Waals surface area contributed by atoms with E-state index in [9.17, 15) is 0 Å². The first-order valence-corrected chi connectivity index (χ1v) is 5.85. The molecule has 0 unspecified atom stereocenters. The number of nitrogens with zero attached hydrogens (tertiary/aromatic N) is 4. The van der Waals surface area contributed by atoms with Gasteiger partial charge >= 0.3 is 0 Å². The van der Waals surface area contributed by atoms with Crippen molar-refractivity contribution >= 4 is 0 Å². The molecule has 2 aromatic rings. The first-order chi connectivity index (χ1) is 8.40. The van der Waals surface area contributed by atoms with Crippen molar-refractivity contribution in [2.75, 3.05) is 6.54 Å². The molecule has 2 heterocycles. The zero-order chi connectivity index (χ0) is 11.9. The quantitative estimate of drug-likeness (QED) is 0.725. The molecular weight excluding hydrogens is 218 g/mol. The fourth-order valence-electron chi connectivity index (χ4n) is 1.66. The van der Waals surface area contributed by atoms with Crippen LogP contribution >= 0.6 is 0 Å².